The van der Waals surface area contributed by atoms with Crippen LogP contribution < -0.4 is 4.72 Å². The minimum Gasteiger partial charge on any atom is -0.268 e. The Morgan fingerprint density at radius 3 is 1.93 bits per heavy atom. The zero-order valence-electron chi connectivity index (χ0n) is 15.4. The summed E-state index contributed by atoms with van der Waals surface area (Å²) in [6.45, 7) is 2.14. The van der Waals surface area contributed by atoms with Gasteiger partial charge in [-0.1, -0.05) is 61.3 Å². The second-order valence-electron chi connectivity index (χ2n) is 6.41. The predicted octanol–water partition coefficient (Wildman–Crippen LogP) is 5.08. The number of carbonyl (C=O) groups is 1. The van der Waals surface area contributed by atoms with Crippen LogP contribution in [0.4, 0.5) is 0 Å². The lowest BCUT2D eigenvalue weighted by molar-refractivity contribution is 0.0981. The molecule has 6 heteroatoms. The molecule has 3 rings (SSSR count). The third kappa shape index (κ3) is 4.80. The standard InChI is InChI=1S/C22H20ClNO3S/c1-2-3-16-4-6-17(7-5-16)18-8-10-19(11-9-18)22(25)24-28(26,27)21-14-12-20(23)13-15-21/h4-15H,2-3H2,1H3,(H,24,25). The fourth-order valence-corrected chi connectivity index (χ4v) is 3.92. The first-order valence-electron chi connectivity index (χ1n) is 8.91. The van der Waals surface area contributed by atoms with Crippen molar-refractivity contribution in [3.63, 3.8) is 0 Å². The Bertz CT molecular complexity index is 1060. The molecule has 0 atom stereocenters. The fourth-order valence-electron chi connectivity index (χ4n) is 2.82. The maximum Gasteiger partial charge on any atom is 0.264 e. The van der Waals surface area contributed by atoms with Gasteiger partial charge in [0.05, 0.1) is 4.90 Å². The molecular weight excluding hydrogens is 394 g/mol. The molecule has 1 amide bonds. The number of sulfonamides is 1. The molecule has 0 unspecified atom stereocenters. The van der Waals surface area contributed by atoms with E-state index in [2.05, 4.69) is 23.8 Å². The van der Waals surface area contributed by atoms with E-state index in [1.807, 2.05) is 12.1 Å². The smallest absolute Gasteiger partial charge is 0.264 e. The van der Waals surface area contributed by atoms with Gasteiger partial charge >= 0.3 is 0 Å². The lowest BCUT2D eigenvalue weighted by atomic mass is 10.0. The molecule has 0 saturated heterocycles. The normalized spacial score (nSPS) is 11.2. The highest BCUT2D eigenvalue weighted by atomic mass is 35.5. The zero-order chi connectivity index (χ0) is 20.1. The van der Waals surface area contributed by atoms with Gasteiger partial charge in [0.25, 0.3) is 15.9 Å². The summed E-state index contributed by atoms with van der Waals surface area (Å²) in [5, 5.41) is 0.420. The van der Waals surface area contributed by atoms with Gasteiger partial charge < -0.3 is 0 Å². The van der Waals surface area contributed by atoms with Gasteiger partial charge in [0.2, 0.25) is 0 Å². The summed E-state index contributed by atoms with van der Waals surface area (Å²) in [7, 11) is -3.96. The van der Waals surface area contributed by atoms with Gasteiger partial charge in [-0.05, 0) is 59.5 Å². The van der Waals surface area contributed by atoms with E-state index in [1.54, 1.807) is 24.3 Å². The van der Waals surface area contributed by atoms with Crippen molar-refractivity contribution in [1.29, 1.82) is 0 Å². The monoisotopic (exact) mass is 413 g/mol. The van der Waals surface area contributed by atoms with E-state index in [1.165, 1.54) is 29.8 Å². The number of hydrogen-bond donors (Lipinski definition) is 1. The van der Waals surface area contributed by atoms with Gasteiger partial charge in [-0.3, -0.25) is 4.79 Å². The lowest BCUT2D eigenvalue weighted by Crippen LogP contribution is -2.30. The number of hydrogen-bond acceptors (Lipinski definition) is 3. The van der Waals surface area contributed by atoms with Crippen LogP contribution in [0.25, 0.3) is 11.1 Å². The number of rotatable bonds is 6. The summed E-state index contributed by atoms with van der Waals surface area (Å²) in [5.74, 6) is -0.681. The third-order valence-corrected chi connectivity index (χ3v) is 5.92. The minimum absolute atomic E-state index is 0.0194. The summed E-state index contributed by atoms with van der Waals surface area (Å²) in [5.41, 5.74) is 3.55. The van der Waals surface area contributed by atoms with Crippen molar-refractivity contribution in [2.75, 3.05) is 0 Å². The lowest BCUT2D eigenvalue weighted by Gasteiger charge is -2.08. The molecule has 4 nitrogen and oxygen atoms in total. The van der Waals surface area contributed by atoms with Crippen molar-refractivity contribution in [3.8, 4) is 11.1 Å². The maximum atomic E-state index is 12.3. The number of carbonyl (C=O) groups excluding carboxylic acids is 1. The second kappa shape index (κ2) is 8.59. The summed E-state index contributed by atoms with van der Waals surface area (Å²) in [6.07, 6.45) is 2.14. The van der Waals surface area contributed by atoms with Crippen molar-refractivity contribution >= 4 is 27.5 Å². The van der Waals surface area contributed by atoms with E-state index in [-0.39, 0.29) is 10.5 Å². The largest absolute Gasteiger partial charge is 0.268 e. The molecule has 0 fully saturated rings. The van der Waals surface area contributed by atoms with Gasteiger partial charge in [0, 0.05) is 10.6 Å². The maximum absolute atomic E-state index is 12.3. The highest BCUT2D eigenvalue weighted by Gasteiger charge is 2.18. The molecule has 0 bridgehead atoms. The zero-order valence-corrected chi connectivity index (χ0v) is 16.9. The average molecular weight is 414 g/mol. The van der Waals surface area contributed by atoms with Gasteiger partial charge in [-0.25, -0.2) is 13.1 Å². The summed E-state index contributed by atoms with van der Waals surface area (Å²) >= 11 is 5.77. The van der Waals surface area contributed by atoms with Crippen LogP contribution in [0.5, 0.6) is 0 Å². The highest BCUT2D eigenvalue weighted by Crippen LogP contribution is 2.21. The van der Waals surface area contributed by atoms with Crippen LogP contribution in [0.2, 0.25) is 5.02 Å². The minimum atomic E-state index is -3.96. The second-order valence-corrected chi connectivity index (χ2v) is 8.53. The van der Waals surface area contributed by atoms with E-state index >= 15 is 0 Å². The van der Waals surface area contributed by atoms with E-state index in [0.29, 0.717) is 5.02 Å². The van der Waals surface area contributed by atoms with Gasteiger partial charge in [-0.2, -0.15) is 0 Å². The van der Waals surface area contributed by atoms with Crippen LogP contribution in [-0.4, -0.2) is 14.3 Å². The Kier molecular flexibility index (Phi) is 6.17. The third-order valence-electron chi connectivity index (χ3n) is 4.32. The number of nitrogens with one attached hydrogen (secondary N) is 1. The molecule has 3 aromatic carbocycles. The SMILES string of the molecule is CCCc1ccc(-c2ccc(C(=O)NS(=O)(=O)c3ccc(Cl)cc3)cc2)cc1. The first-order valence-corrected chi connectivity index (χ1v) is 10.8. The van der Waals surface area contributed by atoms with Crippen LogP contribution in [0, 0.1) is 0 Å². The fraction of sp³-hybridized carbons (Fsp3) is 0.136. The van der Waals surface area contributed by atoms with E-state index in [0.717, 1.165) is 24.0 Å². The van der Waals surface area contributed by atoms with Crippen LogP contribution in [0.3, 0.4) is 0 Å². The molecule has 144 valence electrons. The molecule has 3 aromatic rings. The first kappa shape index (κ1) is 20.1. The number of amides is 1. The number of halogens is 1. The molecule has 0 aliphatic heterocycles. The Balaban J connectivity index is 1.73. The summed E-state index contributed by atoms with van der Waals surface area (Å²) in [6, 6.07) is 20.7. The Hall–Kier alpha value is -2.63. The summed E-state index contributed by atoms with van der Waals surface area (Å²) in [4.78, 5) is 12.3. The highest BCUT2D eigenvalue weighted by molar-refractivity contribution is 7.90. The number of aryl methyl sites for hydroxylation is 1. The molecule has 28 heavy (non-hydrogen) atoms. The molecule has 0 aromatic heterocycles. The number of benzene rings is 3. The Labute approximate surface area is 170 Å². The molecule has 0 heterocycles. The van der Waals surface area contributed by atoms with Crippen molar-refractivity contribution in [3.05, 3.63) is 88.9 Å². The van der Waals surface area contributed by atoms with Crippen LogP contribution in [0.1, 0.15) is 29.3 Å². The van der Waals surface area contributed by atoms with Crippen molar-refractivity contribution in [2.24, 2.45) is 0 Å². The van der Waals surface area contributed by atoms with E-state index in [4.69, 9.17) is 11.6 Å². The van der Waals surface area contributed by atoms with Crippen LogP contribution in [0.15, 0.2) is 77.7 Å². The topological polar surface area (TPSA) is 63.2 Å². The van der Waals surface area contributed by atoms with E-state index < -0.39 is 15.9 Å². The molecule has 1 N–H and O–H groups in total. The quantitative estimate of drug-likeness (QED) is 0.613. The van der Waals surface area contributed by atoms with Crippen molar-refractivity contribution in [1.82, 2.24) is 4.72 Å². The molecule has 0 saturated carbocycles. The molecular formula is C22H20ClNO3S. The summed E-state index contributed by atoms with van der Waals surface area (Å²) < 4.78 is 26.7. The van der Waals surface area contributed by atoms with Crippen molar-refractivity contribution in [2.45, 2.75) is 24.7 Å². The van der Waals surface area contributed by atoms with Crippen LogP contribution in [-0.2, 0) is 16.4 Å². The van der Waals surface area contributed by atoms with Crippen molar-refractivity contribution < 1.29 is 13.2 Å². The average Bonchev–Trinajstić information content (AvgIpc) is 2.69. The van der Waals surface area contributed by atoms with Gasteiger partial charge in [0.1, 0.15) is 0 Å². The van der Waals surface area contributed by atoms with E-state index in [9.17, 15) is 13.2 Å². The van der Waals surface area contributed by atoms with Gasteiger partial charge in [0.15, 0.2) is 0 Å². The molecule has 0 radical (unpaired) electrons. The Morgan fingerprint density at radius 2 is 1.39 bits per heavy atom. The van der Waals surface area contributed by atoms with Crippen LogP contribution >= 0.6 is 11.6 Å². The molecule has 0 aliphatic rings. The molecule has 0 spiro atoms. The Morgan fingerprint density at radius 1 is 0.857 bits per heavy atom. The predicted molar refractivity (Wildman–Crippen MR) is 112 cm³/mol. The first-order chi connectivity index (χ1) is 13.4. The molecule has 0 aliphatic carbocycles. The van der Waals surface area contributed by atoms with Gasteiger partial charge in [-0.15, -0.1) is 0 Å².